The van der Waals surface area contributed by atoms with Gasteiger partial charge in [0.25, 0.3) is 0 Å². The molecule has 0 saturated heterocycles. The van der Waals surface area contributed by atoms with Gasteiger partial charge in [-0.2, -0.15) is 0 Å². The molecule has 6 nitrogen and oxygen atoms in total. The van der Waals surface area contributed by atoms with Crippen molar-refractivity contribution in [2.24, 2.45) is 0 Å². The summed E-state index contributed by atoms with van der Waals surface area (Å²) in [7, 11) is 1.60. The average Bonchev–Trinajstić information content (AvgIpc) is 3.09. The molecule has 1 atom stereocenters. The summed E-state index contributed by atoms with van der Waals surface area (Å²) in [6.07, 6.45) is 0. The lowest BCUT2D eigenvalue weighted by Gasteiger charge is -2.14. The average molecular weight is 418 g/mol. The summed E-state index contributed by atoms with van der Waals surface area (Å²) in [6, 6.07) is 10.5. The van der Waals surface area contributed by atoms with Gasteiger partial charge in [0.2, 0.25) is 5.91 Å². The van der Waals surface area contributed by atoms with E-state index in [9.17, 15) is 13.6 Å². The van der Waals surface area contributed by atoms with Crippen molar-refractivity contribution in [3.05, 3.63) is 65.5 Å². The normalized spacial score (nSPS) is 11.9. The smallest absolute Gasteiger partial charge is 0.230 e. The number of aromatic nitrogens is 3. The van der Waals surface area contributed by atoms with Crippen LogP contribution in [0.4, 0.5) is 8.78 Å². The highest BCUT2D eigenvalue weighted by atomic mass is 32.2. The number of rotatable bonds is 7. The fourth-order valence-corrected chi connectivity index (χ4v) is 3.55. The molecule has 0 radical (unpaired) electrons. The quantitative estimate of drug-likeness (QED) is 0.591. The summed E-state index contributed by atoms with van der Waals surface area (Å²) >= 11 is 1.24. The van der Waals surface area contributed by atoms with Crippen LogP contribution in [0.3, 0.4) is 0 Å². The van der Waals surface area contributed by atoms with E-state index >= 15 is 0 Å². The van der Waals surface area contributed by atoms with Crippen molar-refractivity contribution in [3.8, 4) is 11.4 Å². The molecule has 0 aliphatic carbocycles. The van der Waals surface area contributed by atoms with Crippen molar-refractivity contribution in [1.29, 1.82) is 0 Å². The maximum Gasteiger partial charge on any atom is 0.230 e. The van der Waals surface area contributed by atoms with Gasteiger partial charge in [-0.15, -0.1) is 10.2 Å². The van der Waals surface area contributed by atoms with E-state index in [0.29, 0.717) is 16.5 Å². The van der Waals surface area contributed by atoms with Gasteiger partial charge in [0, 0.05) is 5.69 Å². The van der Waals surface area contributed by atoms with Gasteiger partial charge < -0.3 is 10.1 Å². The van der Waals surface area contributed by atoms with Gasteiger partial charge in [-0.25, -0.2) is 8.78 Å². The van der Waals surface area contributed by atoms with Gasteiger partial charge in [-0.05, 0) is 55.8 Å². The Labute approximate surface area is 171 Å². The summed E-state index contributed by atoms with van der Waals surface area (Å²) in [5, 5.41) is 11.6. The third kappa shape index (κ3) is 4.92. The predicted molar refractivity (Wildman–Crippen MR) is 106 cm³/mol. The summed E-state index contributed by atoms with van der Waals surface area (Å²) < 4.78 is 33.5. The Morgan fingerprint density at radius 2 is 1.90 bits per heavy atom. The van der Waals surface area contributed by atoms with Crippen molar-refractivity contribution in [3.63, 3.8) is 0 Å². The number of nitrogens with one attached hydrogen (secondary N) is 1. The molecule has 2 aromatic carbocycles. The number of hydrogen-bond acceptors (Lipinski definition) is 5. The molecule has 1 N–H and O–H groups in total. The summed E-state index contributed by atoms with van der Waals surface area (Å²) in [4.78, 5) is 12.3. The third-order valence-corrected chi connectivity index (χ3v) is 5.21. The van der Waals surface area contributed by atoms with E-state index in [1.807, 2.05) is 35.8 Å². The van der Waals surface area contributed by atoms with Crippen LogP contribution in [0.5, 0.6) is 5.75 Å². The van der Waals surface area contributed by atoms with E-state index in [-0.39, 0.29) is 11.7 Å². The molecular formula is C20H20F2N4O2S. The maximum absolute atomic E-state index is 13.4. The molecule has 1 amide bonds. The highest BCUT2D eigenvalue weighted by molar-refractivity contribution is 7.99. The monoisotopic (exact) mass is 418 g/mol. The Balaban J connectivity index is 1.65. The van der Waals surface area contributed by atoms with Gasteiger partial charge in [0.1, 0.15) is 11.6 Å². The number of carbonyl (C=O) groups excluding carboxylic acids is 1. The van der Waals surface area contributed by atoms with Gasteiger partial charge in [-0.1, -0.05) is 17.8 Å². The van der Waals surface area contributed by atoms with E-state index in [4.69, 9.17) is 4.74 Å². The van der Waals surface area contributed by atoms with Crippen molar-refractivity contribution < 1.29 is 18.3 Å². The van der Waals surface area contributed by atoms with Crippen LogP contribution in [0.2, 0.25) is 0 Å². The highest BCUT2D eigenvalue weighted by Crippen LogP contribution is 2.24. The number of ether oxygens (including phenoxy) is 1. The molecule has 1 unspecified atom stereocenters. The molecule has 0 bridgehead atoms. The molecule has 3 aromatic rings. The number of benzene rings is 2. The minimum absolute atomic E-state index is 0.0995. The van der Waals surface area contributed by atoms with E-state index in [0.717, 1.165) is 23.6 Å². The van der Waals surface area contributed by atoms with Gasteiger partial charge in [-0.3, -0.25) is 9.36 Å². The van der Waals surface area contributed by atoms with Crippen molar-refractivity contribution in [2.75, 3.05) is 12.9 Å². The molecule has 1 aromatic heterocycles. The zero-order valence-corrected chi connectivity index (χ0v) is 17.0. The topological polar surface area (TPSA) is 69.0 Å². The lowest BCUT2D eigenvalue weighted by Crippen LogP contribution is -2.28. The van der Waals surface area contributed by atoms with Crippen molar-refractivity contribution >= 4 is 17.7 Å². The molecule has 0 spiro atoms. The second-order valence-electron chi connectivity index (χ2n) is 6.31. The van der Waals surface area contributed by atoms with Crippen LogP contribution < -0.4 is 10.1 Å². The van der Waals surface area contributed by atoms with Crippen LogP contribution in [0.1, 0.15) is 24.4 Å². The Hall–Kier alpha value is -2.94. The summed E-state index contributed by atoms with van der Waals surface area (Å²) in [5.41, 5.74) is 1.34. The molecule has 0 saturated carbocycles. The molecular weight excluding hydrogens is 398 g/mol. The highest BCUT2D eigenvalue weighted by Gasteiger charge is 2.16. The molecule has 0 aliphatic heterocycles. The SMILES string of the molecule is COc1ccc(-n2c(C)nnc2SCC(=O)NC(C)c2ccc(F)c(F)c2)cc1. The number of carbonyl (C=O) groups is 1. The van der Waals surface area contributed by atoms with E-state index < -0.39 is 17.7 Å². The van der Waals surface area contributed by atoms with Crippen LogP contribution >= 0.6 is 11.8 Å². The first kappa shape index (κ1) is 20.8. The molecule has 3 rings (SSSR count). The van der Waals surface area contributed by atoms with Crippen molar-refractivity contribution in [1.82, 2.24) is 20.1 Å². The lowest BCUT2D eigenvalue weighted by atomic mass is 10.1. The molecule has 1 heterocycles. The second-order valence-corrected chi connectivity index (χ2v) is 7.26. The minimum atomic E-state index is -0.943. The lowest BCUT2D eigenvalue weighted by molar-refractivity contribution is -0.119. The largest absolute Gasteiger partial charge is 0.497 e. The Morgan fingerprint density at radius 1 is 1.17 bits per heavy atom. The maximum atomic E-state index is 13.4. The van der Waals surface area contributed by atoms with E-state index in [1.165, 1.54) is 17.8 Å². The summed E-state index contributed by atoms with van der Waals surface area (Å²) in [5.74, 6) is -0.596. The molecule has 29 heavy (non-hydrogen) atoms. The second kappa shape index (κ2) is 9.04. The molecule has 9 heteroatoms. The van der Waals surface area contributed by atoms with Crippen LogP contribution in [0, 0.1) is 18.6 Å². The summed E-state index contributed by atoms with van der Waals surface area (Å²) in [6.45, 7) is 3.53. The van der Waals surface area contributed by atoms with E-state index in [2.05, 4.69) is 15.5 Å². The Kier molecular flexibility index (Phi) is 6.48. The number of aryl methyl sites for hydroxylation is 1. The van der Waals surface area contributed by atoms with Crippen LogP contribution in [0.15, 0.2) is 47.6 Å². The van der Waals surface area contributed by atoms with E-state index in [1.54, 1.807) is 14.0 Å². The zero-order valence-electron chi connectivity index (χ0n) is 16.1. The first-order chi connectivity index (χ1) is 13.9. The number of thioether (sulfide) groups is 1. The fraction of sp³-hybridized carbons (Fsp3) is 0.250. The van der Waals surface area contributed by atoms with Crippen LogP contribution in [-0.2, 0) is 4.79 Å². The fourth-order valence-electron chi connectivity index (χ4n) is 2.74. The number of nitrogens with zero attached hydrogens (tertiary/aromatic N) is 3. The van der Waals surface area contributed by atoms with Gasteiger partial charge in [0.05, 0.1) is 18.9 Å². The molecule has 0 fully saturated rings. The van der Waals surface area contributed by atoms with Gasteiger partial charge >= 0.3 is 0 Å². The zero-order chi connectivity index (χ0) is 21.0. The Bertz CT molecular complexity index is 1010. The number of hydrogen-bond donors (Lipinski definition) is 1. The number of halogens is 2. The third-order valence-electron chi connectivity index (χ3n) is 4.28. The van der Waals surface area contributed by atoms with Crippen LogP contribution in [0.25, 0.3) is 5.69 Å². The van der Waals surface area contributed by atoms with Gasteiger partial charge in [0.15, 0.2) is 16.8 Å². The van der Waals surface area contributed by atoms with Crippen LogP contribution in [-0.4, -0.2) is 33.5 Å². The first-order valence-corrected chi connectivity index (χ1v) is 9.81. The molecule has 0 aliphatic rings. The number of methoxy groups -OCH3 is 1. The Morgan fingerprint density at radius 3 is 2.55 bits per heavy atom. The predicted octanol–water partition coefficient (Wildman–Crippen LogP) is 3.83. The first-order valence-electron chi connectivity index (χ1n) is 8.82. The minimum Gasteiger partial charge on any atom is -0.497 e. The molecule has 152 valence electrons. The van der Waals surface area contributed by atoms with Crippen molar-refractivity contribution in [2.45, 2.75) is 25.0 Å². The standard InChI is InChI=1S/C20H20F2N4O2S/c1-12(14-4-9-17(21)18(22)10-14)23-19(27)11-29-20-25-24-13(2)26(20)15-5-7-16(28-3)8-6-15/h4-10,12H,11H2,1-3H3,(H,23,27). The number of amides is 1.